The van der Waals surface area contributed by atoms with Crippen LogP contribution in [-0.2, 0) is 0 Å². The molecule has 1 aromatic carbocycles. The van der Waals surface area contributed by atoms with Crippen molar-refractivity contribution in [1.29, 1.82) is 0 Å². The van der Waals surface area contributed by atoms with Crippen LogP contribution in [0, 0.1) is 0 Å². The van der Waals surface area contributed by atoms with Crippen LogP contribution in [0.2, 0.25) is 0 Å². The maximum Gasteiger partial charge on any atom is 0.266 e. The number of rotatable bonds is 6. The Labute approximate surface area is 178 Å². The molecule has 0 atom stereocenters. The van der Waals surface area contributed by atoms with Gasteiger partial charge in [-0.25, -0.2) is 9.97 Å². The highest BCUT2D eigenvalue weighted by Crippen LogP contribution is 2.28. The number of methoxy groups -OCH3 is 2. The van der Waals surface area contributed by atoms with Gasteiger partial charge in [-0.3, -0.25) is 19.1 Å². The first kappa shape index (κ1) is 20.0. The Morgan fingerprint density at radius 3 is 2.45 bits per heavy atom. The van der Waals surface area contributed by atoms with Gasteiger partial charge in [0, 0.05) is 30.7 Å². The molecule has 0 fully saturated rings. The van der Waals surface area contributed by atoms with Gasteiger partial charge in [0.05, 0.1) is 19.8 Å². The Morgan fingerprint density at radius 1 is 0.968 bits per heavy atom. The number of imidazole rings is 1. The van der Waals surface area contributed by atoms with E-state index in [-0.39, 0.29) is 22.8 Å². The van der Waals surface area contributed by atoms with Gasteiger partial charge in [0.1, 0.15) is 23.5 Å². The largest absolute Gasteiger partial charge is 0.496 e. The fourth-order valence-corrected chi connectivity index (χ4v) is 3.16. The smallest absolute Gasteiger partial charge is 0.266 e. The van der Waals surface area contributed by atoms with Crippen molar-refractivity contribution in [2.75, 3.05) is 14.2 Å². The molecule has 0 saturated heterocycles. The van der Waals surface area contributed by atoms with E-state index < -0.39 is 11.7 Å². The van der Waals surface area contributed by atoms with Crippen LogP contribution in [0.25, 0.3) is 11.1 Å². The molecule has 0 spiro atoms. The van der Waals surface area contributed by atoms with Gasteiger partial charge in [-0.2, -0.15) is 0 Å². The van der Waals surface area contributed by atoms with Gasteiger partial charge in [0.15, 0.2) is 0 Å². The Bertz CT molecular complexity index is 1220. The number of nitrogens with zero attached hydrogens (tertiary/aromatic N) is 4. The molecule has 0 unspecified atom stereocenters. The zero-order valence-electron chi connectivity index (χ0n) is 16.9. The number of carbonyl (C=O) groups excluding carboxylic acids is 2. The summed E-state index contributed by atoms with van der Waals surface area (Å²) in [5.41, 5.74) is 1.53. The van der Waals surface area contributed by atoms with Crippen molar-refractivity contribution >= 4 is 11.7 Å². The van der Waals surface area contributed by atoms with E-state index in [1.807, 2.05) is 30.3 Å². The molecule has 0 saturated carbocycles. The molecular weight excluding hydrogens is 396 g/mol. The second kappa shape index (κ2) is 8.58. The van der Waals surface area contributed by atoms with Crippen LogP contribution in [0.15, 0.2) is 73.4 Å². The highest BCUT2D eigenvalue weighted by atomic mass is 16.5. The first-order valence-electron chi connectivity index (χ1n) is 9.34. The zero-order chi connectivity index (χ0) is 21.8. The monoisotopic (exact) mass is 414 g/mol. The third-order valence-corrected chi connectivity index (χ3v) is 4.66. The first-order valence-corrected chi connectivity index (χ1v) is 9.34. The van der Waals surface area contributed by atoms with Crippen LogP contribution in [-0.4, -0.2) is 45.4 Å². The predicted octanol–water partition coefficient (Wildman–Crippen LogP) is 3.28. The third kappa shape index (κ3) is 3.91. The Morgan fingerprint density at radius 2 is 1.77 bits per heavy atom. The molecule has 4 rings (SSSR count). The highest BCUT2D eigenvalue weighted by Gasteiger charge is 2.26. The molecule has 0 aliphatic carbocycles. The van der Waals surface area contributed by atoms with Crippen LogP contribution in [0.4, 0.5) is 0 Å². The molecule has 0 N–H and O–H groups in total. The normalized spacial score (nSPS) is 10.5. The molecule has 31 heavy (non-hydrogen) atoms. The molecule has 154 valence electrons. The van der Waals surface area contributed by atoms with Crippen LogP contribution < -0.4 is 9.47 Å². The van der Waals surface area contributed by atoms with E-state index in [4.69, 9.17) is 9.47 Å². The van der Waals surface area contributed by atoms with E-state index in [1.54, 1.807) is 12.1 Å². The van der Waals surface area contributed by atoms with Crippen molar-refractivity contribution in [1.82, 2.24) is 19.5 Å². The van der Waals surface area contributed by atoms with Gasteiger partial charge >= 0.3 is 0 Å². The van der Waals surface area contributed by atoms with Crippen LogP contribution >= 0.6 is 0 Å². The summed E-state index contributed by atoms with van der Waals surface area (Å²) in [5.74, 6) is -0.345. The minimum atomic E-state index is -0.529. The predicted molar refractivity (Wildman–Crippen MR) is 112 cm³/mol. The van der Waals surface area contributed by atoms with E-state index in [9.17, 15) is 9.59 Å². The summed E-state index contributed by atoms with van der Waals surface area (Å²) in [5, 5.41) is 0. The zero-order valence-corrected chi connectivity index (χ0v) is 16.9. The minimum Gasteiger partial charge on any atom is -0.496 e. The minimum absolute atomic E-state index is 0.0251. The lowest BCUT2D eigenvalue weighted by atomic mass is 9.96. The molecule has 0 radical (unpaired) electrons. The molecule has 0 amide bonds. The summed E-state index contributed by atoms with van der Waals surface area (Å²) < 4.78 is 11.7. The van der Waals surface area contributed by atoms with E-state index in [0.717, 1.165) is 5.56 Å². The standard InChI is InChI=1S/C23H18N4O4/c1-30-16-12-18(26-19(13-16)31-2)22(28)21-20(23(29)27-11-10-24-14-27)17(8-9-25-21)15-6-4-3-5-7-15/h3-14H,1-2H3. The third-order valence-electron chi connectivity index (χ3n) is 4.66. The number of pyridine rings is 2. The maximum atomic E-state index is 13.4. The molecule has 8 heteroatoms. The second-order valence-electron chi connectivity index (χ2n) is 6.49. The Balaban J connectivity index is 1.92. The topological polar surface area (TPSA) is 96.2 Å². The Hall–Kier alpha value is -4.33. The fourth-order valence-electron chi connectivity index (χ4n) is 3.16. The van der Waals surface area contributed by atoms with Crippen molar-refractivity contribution in [2.24, 2.45) is 0 Å². The molecule has 0 aliphatic rings. The average molecular weight is 414 g/mol. The summed E-state index contributed by atoms with van der Waals surface area (Å²) in [6.45, 7) is 0. The number of ether oxygens (including phenoxy) is 2. The summed E-state index contributed by atoms with van der Waals surface area (Å²) in [4.78, 5) is 39.2. The average Bonchev–Trinajstić information content (AvgIpc) is 3.38. The van der Waals surface area contributed by atoms with Crippen molar-refractivity contribution < 1.29 is 19.1 Å². The number of hydrogen-bond donors (Lipinski definition) is 0. The quantitative estimate of drug-likeness (QED) is 0.447. The van der Waals surface area contributed by atoms with Crippen LogP contribution in [0.3, 0.4) is 0 Å². The number of carbonyl (C=O) groups is 2. The van der Waals surface area contributed by atoms with Crippen molar-refractivity contribution in [2.45, 2.75) is 0 Å². The number of hydrogen-bond acceptors (Lipinski definition) is 7. The molecule has 0 aliphatic heterocycles. The van der Waals surface area contributed by atoms with Gasteiger partial charge in [-0.15, -0.1) is 0 Å². The van der Waals surface area contributed by atoms with Crippen molar-refractivity contribution in [3.63, 3.8) is 0 Å². The number of ketones is 1. The van der Waals surface area contributed by atoms with Gasteiger partial charge in [0.2, 0.25) is 11.7 Å². The van der Waals surface area contributed by atoms with E-state index in [1.165, 1.54) is 49.8 Å². The van der Waals surface area contributed by atoms with Crippen LogP contribution in [0.5, 0.6) is 11.6 Å². The lowest BCUT2D eigenvalue weighted by Crippen LogP contribution is -2.19. The van der Waals surface area contributed by atoms with E-state index in [2.05, 4.69) is 15.0 Å². The fraction of sp³-hybridized carbons (Fsp3) is 0.0870. The molecule has 4 aromatic rings. The van der Waals surface area contributed by atoms with Crippen molar-refractivity contribution in [3.8, 4) is 22.8 Å². The van der Waals surface area contributed by atoms with E-state index in [0.29, 0.717) is 11.3 Å². The lowest BCUT2D eigenvalue weighted by Gasteiger charge is -2.13. The molecule has 3 aromatic heterocycles. The maximum absolute atomic E-state index is 13.4. The lowest BCUT2D eigenvalue weighted by molar-refractivity contribution is 0.0946. The Kier molecular flexibility index (Phi) is 5.53. The summed E-state index contributed by atoms with van der Waals surface area (Å²) >= 11 is 0. The molecule has 3 heterocycles. The summed E-state index contributed by atoms with van der Waals surface area (Å²) in [6.07, 6.45) is 5.89. The van der Waals surface area contributed by atoms with Gasteiger partial charge < -0.3 is 9.47 Å². The number of benzene rings is 1. The molecule has 0 bridgehead atoms. The van der Waals surface area contributed by atoms with Crippen molar-refractivity contribution in [3.05, 3.63) is 90.4 Å². The summed E-state index contributed by atoms with van der Waals surface area (Å²) in [6, 6.07) is 14.1. The summed E-state index contributed by atoms with van der Waals surface area (Å²) in [7, 11) is 2.92. The van der Waals surface area contributed by atoms with E-state index >= 15 is 0 Å². The second-order valence-corrected chi connectivity index (χ2v) is 6.49. The SMILES string of the molecule is COc1cc(OC)nc(C(=O)c2nccc(-c3ccccc3)c2C(=O)n2ccnc2)c1. The molecular formula is C23H18N4O4. The number of aromatic nitrogens is 4. The van der Waals surface area contributed by atoms with Gasteiger partial charge in [-0.1, -0.05) is 30.3 Å². The van der Waals surface area contributed by atoms with Crippen LogP contribution in [0.1, 0.15) is 26.5 Å². The molecule has 8 nitrogen and oxygen atoms in total. The first-order chi connectivity index (χ1) is 15.1. The highest BCUT2D eigenvalue weighted by molar-refractivity contribution is 6.16. The van der Waals surface area contributed by atoms with Gasteiger partial charge in [0.25, 0.3) is 5.91 Å². The van der Waals surface area contributed by atoms with Gasteiger partial charge in [-0.05, 0) is 17.2 Å².